The Hall–Kier alpha value is -2.47. The van der Waals surface area contributed by atoms with Gasteiger partial charge in [-0.25, -0.2) is 0 Å². The topological polar surface area (TPSA) is 58.6 Å². The molecule has 2 aromatic rings. The third kappa shape index (κ3) is 7.10. The number of methoxy groups -OCH3 is 1. The molecule has 1 atom stereocenters. The number of carbonyl (C=O) groups is 2. The van der Waals surface area contributed by atoms with E-state index in [0.29, 0.717) is 18.8 Å². The molecule has 0 saturated heterocycles. The predicted octanol–water partition coefficient (Wildman–Crippen LogP) is 4.18. The first-order valence-electron chi connectivity index (χ1n) is 10.3. The molecule has 0 aliphatic rings. The molecule has 0 spiro atoms. The van der Waals surface area contributed by atoms with Crippen molar-refractivity contribution < 1.29 is 14.3 Å². The Morgan fingerprint density at radius 1 is 1.13 bits per heavy atom. The Morgan fingerprint density at radius 3 is 2.47 bits per heavy atom. The van der Waals surface area contributed by atoms with Crippen molar-refractivity contribution in [3.63, 3.8) is 0 Å². The van der Waals surface area contributed by atoms with E-state index < -0.39 is 6.04 Å². The number of ether oxygens (including phenoxy) is 1. The van der Waals surface area contributed by atoms with Crippen LogP contribution in [-0.4, -0.2) is 42.2 Å². The smallest absolute Gasteiger partial charge is 0.242 e. The Morgan fingerprint density at radius 2 is 1.83 bits per heavy atom. The van der Waals surface area contributed by atoms with E-state index in [9.17, 15) is 9.59 Å². The van der Waals surface area contributed by atoms with Crippen molar-refractivity contribution in [3.8, 4) is 5.75 Å². The van der Waals surface area contributed by atoms with Crippen LogP contribution in [0.3, 0.4) is 0 Å². The van der Waals surface area contributed by atoms with E-state index in [1.165, 1.54) is 0 Å². The maximum absolute atomic E-state index is 13.1. The first kappa shape index (κ1) is 23.8. The first-order valence-corrected chi connectivity index (χ1v) is 11.4. The van der Waals surface area contributed by atoms with Gasteiger partial charge in [-0.1, -0.05) is 43.3 Å². The molecule has 0 unspecified atom stereocenters. The highest BCUT2D eigenvalue weighted by atomic mass is 32.2. The maximum Gasteiger partial charge on any atom is 0.242 e. The van der Waals surface area contributed by atoms with Crippen LogP contribution >= 0.6 is 11.8 Å². The lowest BCUT2D eigenvalue weighted by atomic mass is 10.1. The summed E-state index contributed by atoms with van der Waals surface area (Å²) in [6.07, 6.45) is 0.863. The van der Waals surface area contributed by atoms with Crippen LogP contribution < -0.4 is 10.1 Å². The summed E-state index contributed by atoms with van der Waals surface area (Å²) >= 11 is 1.55. The van der Waals surface area contributed by atoms with Crippen LogP contribution in [0, 0.1) is 6.92 Å². The number of hydrogen-bond donors (Lipinski definition) is 1. The van der Waals surface area contributed by atoms with Crippen molar-refractivity contribution >= 4 is 23.6 Å². The summed E-state index contributed by atoms with van der Waals surface area (Å²) in [6, 6.07) is 15.3. The summed E-state index contributed by atoms with van der Waals surface area (Å²) in [6.45, 7) is 6.88. The second-order valence-corrected chi connectivity index (χ2v) is 8.24. The number of hydrogen-bond acceptors (Lipinski definition) is 4. The monoisotopic (exact) mass is 428 g/mol. The summed E-state index contributed by atoms with van der Waals surface area (Å²) in [7, 11) is 1.64. The van der Waals surface area contributed by atoms with Crippen LogP contribution in [0.1, 0.15) is 37.0 Å². The van der Waals surface area contributed by atoms with Crippen molar-refractivity contribution in [1.82, 2.24) is 10.2 Å². The summed E-state index contributed by atoms with van der Waals surface area (Å²) in [5.74, 6) is 1.72. The Labute approximate surface area is 184 Å². The fourth-order valence-electron chi connectivity index (χ4n) is 3.01. The molecule has 1 N–H and O–H groups in total. The molecule has 0 aliphatic carbocycles. The average Bonchev–Trinajstić information content (AvgIpc) is 2.76. The molecule has 0 bridgehead atoms. The molecule has 162 valence electrons. The zero-order valence-corrected chi connectivity index (χ0v) is 19.1. The normalized spacial score (nSPS) is 11.6. The number of benzene rings is 2. The number of thioether (sulfide) groups is 1. The number of carbonyl (C=O) groups excluding carboxylic acids is 2. The third-order valence-electron chi connectivity index (χ3n) is 4.97. The molecule has 0 aliphatic heterocycles. The van der Waals surface area contributed by atoms with E-state index in [0.717, 1.165) is 34.6 Å². The van der Waals surface area contributed by atoms with E-state index in [4.69, 9.17) is 4.74 Å². The van der Waals surface area contributed by atoms with Crippen molar-refractivity contribution in [2.24, 2.45) is 0 Å². The number of nitrogens with one attached hydrogen (secondary N) is 1. The lowest BCUT2D eigenvalue weighted by molar-refractivity contribution is -0.138. The van der Waals surface area contributed by atoms with Crippen LogP contribution in [0.25, 0.3) is 0 Å². The Bertz CT molecular complexity index is 823. The van der Waals surface area contributed by atoms with Crippen molar-refractivity contribution in [2.75, 3.05) is 19.4 Å². The lowest BCUT2D eigenvalue weighted by Gasteiger charge is -2.29. The highest BCUT2D eigenvalue weighted by Gasteiger charge is 2.26. The largest absolute Gasteiger partial charge is 0.497 e. The number of aryl methyl sites for hydroxylation is 1. The van der Waals surface area contributed by atoms with Gasteiger partial charge in [0.25, 0.3) is 0 Å². The number of nitrogens with zero attached hydrogens (tertiary/aromatic N) is 1. The highest BCUT2D eigenvalue weighted by Crippen LogP contribution is 2.19. The molecular weight excluding hydrogens is 396 g/mol. The minimum absolute atomic E-state index is 0.0316. The van der Waals surface area contributed by atoms with Gasteiger partial charge in [-0.15, -0.1) is 11.8 Å². The average molecular weight is 429 g/mol. The molecule has 2 aromatic carbocycles. The van der Waals surface area contributed by atoms with Crippen LogP contribution in [0.4, 0.5) is 0 Å². The van der Waals surface area contributed by atoms with E-state index >= 15 is 0 Å². The third-order valence-corrected chi connectivity index (χ3v) is 5.96. The maximum atomic E-state index is 13.1. The SMILES string of the molecule is CCCNC(=O)[C@H](C)N(Cc1ccccc1C)C(=O)CSCc1ccc(OC)cc1. The summed E-state index contributed by atoms with van der Waals surface area (Å²) in [5, 5.41) is 2.91. The van der Waals surface area contributed by atoms with Crippen LogP contribution in [0.5, 0.6) is 5.75 Å². The minimum Gasteiger partial charge on any atom is -0.497 e. The standard InChI is InChI=1S/C24H32N2O3S/c1-5-14-25-24(28)19(3)26(15-21-9-7-6-8-18(21)2)23(27)17-30-16-20-10-12-22(29-4)13-11-20/h6-13,19H,5,14-17H2,1-4H3,(H,25,28)/t19-/m0/s1. The predicted molar refractivity (Wildman–Crippen MR) is 124 cm³/mol. The second kappa shape index (κ2) is 12.3. The first-order chi connectivity index (χ1) is 14.5. The van der Waals surface area contributed by atoms with Gasteiger partial charge in [-0.3, -0.25) is 9.59 Å². The van der Waals surface area contributed by atoms with Gasteiger partial charge in [-0.2, -0.15) is 0 Å². The minimum atomic E-state index is -0.523. The van der Waals surface area contributed by atoms with E-state index in [1.54, 1.807) is 30.7 Å². The molecule has 5 nitrogen and oxygen atoms in total. The summed E-state index contributed by atoms with van der Waals surface area (Å²) in [5.41, 5.74) is 3.30. The fraction of sp³-hybridized carbons (Fsp3) is 0.417. The van der Waals surface area contributed by atoms with Gasteiger partial charge in [0.05, 0.1) is 12.9 Å². The Kier molecular flexibility index (Phi) is 9.74. The zero-order valence-electron chi connectivity index (χ0n) is 18.3. The van der Waals surface area contributed by atoms with E-state index in [-0.39, 0.29) is 11.8 Å². The lowest BCUT2D eigenvalue weighted by Crippen LogP contribution is -2.48. The van der Waals surface area contributed by atoms with Crippen molar-refractivity contribution in [3.05, 3.63) is 65.2 Å². The molecule has 2 rings (SSSR count). The highest BCUT2D eigenvalue weighted by molar-refractivity contribution is 7.99. The molecule has 0 fully saturated rings. The van der Waals surface area contributed by atoms with Gasteiger partial charge in [0.2, 0.25) is 11.8 Å². The summed E-state index contributed by atoms with van der Waals surface area (Å²) in [4.78, 5) is 27.3. The molecular formula is C24H32N2O3S. The molecule has 0 radical (unpaired) electrons. The second-order valence-electron chi connectivity index (χ2n) is 7.26. The molecule has 30 heavy (non-hydrogen) atoms. The van der Waals surface area contributed by atoms with Crippen molar-refractivity contribution in [1.29, 1.82) is 0 Å². The molecule has 6 heteroatoms. The molecule has 0 heterocycles. The molecule has 0 saturated carbocycles. The van der Waals surface area contributed by atoms with Crippen LogP contribution in [0.15, 0.2) is 48.5 Å². The summed E-state index contributed by atoms with van der Waals surface area (Å²) < 4.78 is 5.18. The van der Waals surface area contributed by atoms with E-state index in [2.05, 4.69) is 5.32 Å². The van der Waals surface area contributed by atoms with Gasteiger partial charge in [-0.05, 0) is 49.1 Å². The number of amides is 2. The van der Waals surface area contributed by atoms with Crippen molar-refractivity contribution in [2.45, 2.75) is 45.5 Å². The van der Waals surface area contributed by atoms with Gasteiger partial charge in [0.15, 0.2) is 0 Å². The van der Waals surface area contributed by atoms with Gasteiger partial charge in [0, 0.05) is 18.8 Å². The Balaban J connectivity index is 2.04. The van der Waals surface area contributed by atoms with Gasteiger partial charge in [0.1, 0.15) is 11.8 Å². The van der Waals surface area contributed by atoms with E-state index in [1.807, 2.05) is 62.4 Å². The zero-order chi connectivity index (χ0) is 21.9. The van der Waals surface area contributed by atoms with Crippen LogP contribution in [-0.2, 0) is 21.9 Å². The fourth-order valence-corrected chi connectivity index (χ4v) is 3.88. The molecule has 0 aromatic heterocycles. The number of rotatable bonds is 11. The van der Waals surface area contributed by atoms with Gasteiger partial charge < -0.3 is 15.0 Å². The van der Waals surface area contributed by atoms with Gasteiger partial charge >= 0.3 is 0 Å². The van der Waals surface area contributed by atoms with Crippen LogP contribution in [0.2, 0.25) is 0 Å². The molecule has 2 amide bonds. The quantitative estimate of drug-likeness (QED) is 0.583.